The lowest BCUT2D eigenvalue weighted by Crippen LogP contribution is -2.13. The van der Waals surface area contributed by atoms with Gasteiger partial charge in [0.2, 0.25) is 5.13 Å². The molecule has 0 fully saturated rings. The zero-order valence-corrected chi connectivity index (χ0v) is 22.4. The highest BCUT2D eigenvalue weighted by Gasteiger charge is 2.14. The van der Waals surface area contributed by atoms with Crippen molar-refractivity contribution >= 4 is 28.5 Å². The van der Waals surface area contributed by atoms with E-state index in [2.05, 4.69) is 41.5 Å². The number of nitrogens with one attached hydrogen (secondary N) is 1. The molecule has 37 heavy (non-hydrogen) atoms. The van der Waals surface area contributed by atoms with E-state index < -0.39 is 5.91 Å². The molecule has 2 aromatic carbocycles. The number of ether oxygens (including phenoxy) is 3. The highest BCUT2D eigenvalue weighted by Crippen LogP contribution is 2.30. The quantitative estimate of drug-likeness (QED) is 0.167. The number of nitriles is 1. The molecule has 1 atom stereocenters. The van der Waals surface area contributed by atoms with E-state index in [1.807, 2.05) is 32.0 Å². The van der Waals surface area contributed by atoms with Gasteiger partial charge in [0, 0.05) is 0 Å². The molecule has 0 saturated heterocycles. The van der Waals surface area contributed by atoms with Crippen LogP contribution in [0.5, 0.6) is 17.2 Å². The Bertz CT molecular complexity index is 1250. The molecule has 0 radical (unpaired) electrons. The minimum Gasteiger partial charge on any atom is -0.490 e. The van der Waals surface area contributed by atoms with Gasteiger partial charge in [-0.1, -0.05) is 50.3 Å². The Morgan fingerprint density at radius 3 is 2.46 bits per heavy atom. The third-order valence-corrected chi connectivity index (χ3v) is 6.59. The summed E-state index contributed by atoms with van der Waals surface area (Å²) < 4.78 is 17.4. The van der Waals surface area contributed by atoms with E-state index in [0.29, 0.717) is 47.9 Å². The molecule has 1 aromatic heterocycles. The Kier molecular flexibility index (Phi) is 10.5. The maximum Gasteiger partial charge on any atom is 0.268 e. The molecule has 3 rings (SSSR count). The zero-order valence-electron chi connectivity index (χ0n) is 21.6. The van der Waals surface area contributed by atoms with Crippen molar-refractivity contribution in [2.45, 2.75) is 46.5 Å². The monoisotopic (exact) mass is 520 g/mol. The van der Waals surface area contributed by atoms with Crippen molar-refractivity contribution in [3.05, 3.63) is 64.2 Å². The van der Waals surface area contributed by atoms with Gasteiger partial charge in [-0.05, 0) is 67.2 Å². The van der Waals surface area contributed by atoms with Crippen molar-refractivity contribution in [2.24, 2.45) is 0 Å². The second kappa shape index (κ2) is 14.0. The Morgan fingerprint density at radius 1 is 1.05 bits per heavy atom. The fourth-order valence-electron chi connectivity index (χ4n) is 3.37. The topological polar surface area (TPSA) is 106 Å². The van der Waals surface area contributed by atoms with Gasteiger partial charge >= 0.3 is 0 Å². The number of hydrogen-bond acceptors (Lipinski definition) is 8. The normalized spacial score (nSPS) is 11.9. The van der Waals surface area contributed by atoms with Crippen LogP contribution in [0, 0.1) is 11.3 Å². The molecule has 1 heterocycles. The minimum absolute atomic E-state index is 0.0582. The van der Waals surface area contributed by atoms with E-state index in [-0.39, 0.29) is 5.57 Å². The number of carbonyl (C=O) groups is 1. The van der Waals surface area contributed by atoms with Gasteiger partial charge in [-0.3, -0.25) is 10.1 Å². The van der Waals surface area contributed by atoms with Crippen LogP contribution in [0.2, 0.25) is 0 Å². The van der Waals surface area contributed by atoms with Crippen molar-refractivity contribution in [3.63, 3.8) is 0 Å². The highest BCUT2D eigenvalue weighted by atomic mass is 32.1. The summed E-state index contributed by atoms with van der Waals surface area (Å²) in [6.45, 7) is 9.35. The van der Waals surface area contributed by atoms with Crippen LogP contribution in [0.3, 0.4) is 0 Å². The van der Waals surface area contributed by atoms with Gasteiger partial charge in [-0.2, -0.15) is 5.26 Å². The molecule has 9 heteroatoms. The van der Waals surface area contributed by atoms with Gasteiger partial charge in [0.15, 0.2) is 11.5 Å². The summed E-state index contributed by atoms with van der Waals surface area (Å²) in [5, 5.41) is 21.2. The van der Waals surface area contributed by atoms with Gasteiger partial charge in [0.1, 0.15) is 35.6 Å². The third-order valence-electron chi connectivity index (χ3n) is 5.60. The molecule has 0 spiro atoms. The summed E-state index contributed by atoms with van der Waals surface area (Å²) in [5.41, 5.74) is 1.87. The maximum absolute atomic E-state index is 12.5. The lowest BCUT2D eigenvalue weighted by Gasteiger charge is -2.14. The summed E-state index contributed by atoms with van der Waals surface area (Å²) in [4.78, 5) is 12.5. The first-order chi connectivity index (χ1) is 18.0. The van der Waals surface area contributed by atoms with E-state index in [9.17, 15) is 10.1 Å². The molecule has 1 amide bonds. The van der Waals surface area contributed by atoms with E-state index in [1.54, 1.807) is 18.2 Å². The van der Waals surface area contributed by atoms with Crippen molar-refractivity contribution in [1.82, 2.24) is 10.2 Å². The summed E-state index contributed by atoms with van der Waals surface area (Å²) in [6.07, 6.45) is 3.32. The Morgan fingerprint density at radius 2 is 1.81 bits per heavy atom. The molecule has 1 N–H and O–H groups in total. The number of aromatic nitrogens is 2. The average molecular weight is 521 g/mol. The molecule has 0 saturated carbocycles. The second-order valence-corrected chi connectivity index (χ2v) is 9.25. The lowest BCUT2D eigenvalue weighted by molar-refractivity contribution is -0.112. The van der Waals surface area contributed by atoms with Crippen molar-refractivity contribution in [2.75, 3.05) is 25.1 Å². The van der Waals surface area contributed by atoms with E-state index >= 15 is 0 Å². The van der Waals surface area contributed by atoms with Crippen LogP contribution >= 0.6 is 11.3 Å². The van der Waals surface area contributed by atoms with Crippen molar-refractivity contribution in [3.8, 4) is 23.3 Å². The summed E-state index contributed by atoms with van der Waals surface area (Å²) in [5.74, 6) is 1.84. The molecule has 194 valence electrons. The number of rotatable bonds is 13. The first kappa shape index (κ1) is 27.7. The molecule has 1 unspecified atom stereocenters. The first-order valence-electron chi connectivity index (χ1n) is 12.3. The smallest absolute Gasteiger partial charge is 0.268 e. The van der Waals surface area contributed by atoms with Gasteiger partial charge in [-0.25, -0.2) is 0 Å². The van der Waals surface area contributed by atoms with Crippen molar-refractivity contribution in [1.29, 1.82) is 5.26 Å². The van der Waals surface area contributed by atoms with E-state index in [4.69, 9.17) is 14.2 Å². The number of aryl methyl sites for hydroxylation is 1. The van der Waals surface area contributed by atoms with E-state index in [0.717, 1.165) is 23.6 Å². The molecular formula is C28H32N4O4S. The fourth-order valence-corrected chi connectivity index (χ4v) is 4.04. The predicted molar refractivity (Wildman–Crippen MR) is 145 cm³/mol. The van der Waals surface area contributed by atoms with Crippen LogP contribution in [0.25, 0.3) is 6.08 Å². The number of hydrogen-bond donors (Lipinski definition) is 1. The number of benzene rings is 2. The van der Waals surface area contributed by atoms with Crippen LogP contribution < -0.4 is 19.5 Å². The fraction of sp³-hybridized carbons (Fsp3) is 0.357. The number of nitrogens with zero attached hydrogens (tertiary/aromatic N) is 3. The summed E-state index contributed by atoms with van der Waals surface area (Å²) in [6, 6.07) is 15.3. The second-order valence-electron chi connectivity index (χ2n) is 8.19. The van der Waals surface area contributed by atoms with Gasteiger partial charge in [-0.15, -0.1) is 10.2 Å². The van der Waals surface area contributed by atoms with Gasteiger partial charge in [0.05, 0.1) is 6.61 Å². The third kappa shape index (κ3) is 8.05. The Balaban J connectivity index is 1.61. The van der Waals surface area contributed by atoms with Crippen LogP contribution in [0.15, 0.2) is 48.0 Å². The van der Waals surface area contributed by atoms with Crippen LogP contribution in [0.4, 0.5) is 5.13 Å². The van der Waals surface area contributed by atoms with Crippen LogP contribution in [0.1, 0.15) is 56.2 Å². The Labute approximate surface area is 221 Å². The SMILES string of the molecule is CCOc1cc(/C=C(/C#N)C(=O)Nc2nnc(CC)s2)ccc1OCCOc1ccc(C(C)CC)cc1. The standard InChI is InChI=1S/C28H32N4O4S/c1-5-19(4)21-9-11-23(12-10-21)35-14-15-36-24-13-8-20(17-25(24)34-7-3)16-22(18-29)27(33)30-28-32-31-26(6-2)37-28/h8-13,16-17,19H,5-7,14-15H2,1-4H3,(H,30,32,33)/b22-16-. The van der Waals surface area contributed by atoms with Crippen LogP contribution in [-0.2, 0) is 11.2 Å². The largest absolute Gasteiger partial charge is 0.490 e. The highest BCUT2D eigenvalue weighted by molar-refractivity contribution is 7.15. The summed E-state index contributed by atoms with van der Waals surface area (Å²) in [7, 11) is 0. The average Bonchev–Trinajstić information content (AvgIpc) is 3.38. The minimum atomic E-state index is -0.547. The Hall–Kier alpha value is -3.90. The molecule has 0 aliphatic rings. The molecule has 0 bridgehead atoms. The number of amides is 1. The van der Waals surface area contributed by atoms with Gasteiger partial charge in [0.25, 0.3) is 5.91 Å². The molecule has 0 aliphatic carbocycles. The van der Waals surface area contributed by atoms with E-state index in [1.165, 1.54) is 23.0 Å². The maximum atomic E-state index is 12.5. The summed E-state index contributed by atoms with van der Waals surface area (Å²) >= 11 is 1.28. The van der Waals surface area contributed by atoms with Crippen molar-refractivity contribution < 1.29 is 19.0 Å². The molecule has 8 nitrogen and oxygen atoms in total. The molecule has 0 aliphatic heterocycles. The predicted octanol–water partition coefficient (Wildman–Crippen LogP) is 6.02. The molecular weight excluding hydrogens is 488 g/mol. The number of carbonyl (C=O) groups excluding carboxylic acids is 1. The van der Waals surface area contributed by atoms with Gasteiger partial charge < -0.3 is 14.2 Å². The zero-order chi connectivity index (χ0) is 26.6. The van der Waals surface area contributed by atoms with Crippen LogP contribution in [-0.4, -0.2) is 35.9 Å². The first-order valence-corrected chi connectivity index (χ1v) is 13.2. The number of anilines is 1. The lowest BCUT2D eigenvalue weighted by atomic mass is 9.99. The molecule has 3 aromatic rings.